The summed E-state index contributed by atoms with van der Waals surface area (Å²) in [5.41, 5.74) is 3.06. The second kappa shape index (κ2) is 6.33. The molecule has 1 atom stereocenters. The van der Waals surface area contributed by atoms with Crippen molar-refractivity contribution in [2.75, 3.05) is 7.05 Å². The SMILES string of the molecule is CN=C(CC(C)c1ccc(F)cc1)c1ccc(O)cc1. The van der Waals surface area contributed by atoms with Gasteiger partial charge in [-0.2, -0.15) is 0 Å². The summed E-state index contributed by atoms with van der Waals surface area (Å²) in [6, 6.07) is 13.6. The number of phenolic OH excluding ortho intramolecular Hbond substituents is 1. The Labute approximate surface area is 118 Å². The molecule has 20 heavy (non-hydrogen) atoms. The molecule has 0 aromatic heterocycles. The van der Waals surface area contributed by atoms with Crippen LogP contribution in [0.4, 0.5) is 4.39 Å². The fraction of sp³-hybridized carbons (Fsp3) is 0.235. The van der Waals surface area contributed by atoms with E-state index in [-0.39, 0.29) is 17.5 Å². The van der Waals surface area contributed by atoms with Gasteiger partial charge in [0.2, 0.25) is 0 Å². The molecule has 0 heterocycles. The van der Waals surface area contributed by atoms with Gasteiger partial charge in [0.15, 0.2) is 0 Å². The summed E-state index contributed by atoms with van der Waals surface area (Å²) in [5, 5.41) is 9.32. The monoisotopic (exact) mass is 271 g/mol. The molecule has 3 heteroatoms. The lowest BCUT2D eigenvalue weighted by molar-refractivity contribution is 0.475. The molecule has 0 amide bonds. The summed E-state index contributed by atoms with van der Waals surface area (Å²) in [4.78, 5) is 4.33. The Kier molecular flexibility index (Phi) is 4.51. The van der Waals surface area contributed by atoms with Gasteiger partial charge in [-0.15, -0.1) is 0 Å². The average molecular weight is 271 g/mol. The van der Waals surface area contributed by atoms with Crippen LogP contribution in [0.5, 0.6) is 5.75 Å². The Morgan fingerprint density at radius 1 is 1.10 bits per heavy atom. The van der Waals surface area contributed by atoms with Crippen LogP contribution >= 0.6 is 0 Å². The van der Waals surface area contributed by atoms with Gasteiger partial charge in [0, 0.05) is 12.8 Å². The van der Waals surface area contributed by atoms with Crippen molar-refractivity contribution >= 4 is 5.71 Å². The van der Waals surface area contributed by atoms with E-state index in [0.29, 0.717) is 0 Å². The molecule has 0 aliphatic heterocycles. The Balaban J connectivity index is 2.14. The molecule has 0 fully saturated rings. The topological polar surface area (TPSA) is 32.6 Å². The van der Waals surface area contributed by atoms with Crippen LogP contribution in [0.25, 0.3) is 0 Å². The van der Waals surface area contributed by atoms with E-state index in [9.17, 15) is 9.50 Å². The molecule has 2 nitrogen and oxygen atoms in total. The maximum atomic E-state index is 12.9. The quantitative estimate of drug-likeness (QED) is 0.833. The third-order valence-electron chi connectivity index (χ3n) is 3.41. The summed E-state index contributed by atoms with van der Waals surface area (Å²) < 4.78 is 12.9. The second-order valence-corrected chi connectivity index (χ2v) is 4.87. The predicted molar refractivity (Wildman–Crippen MR) is 80.0 cm³/mol. The summed E-state index contributed by atoms with van der Waals surface area (Å²) in [6.45, 7) is 2.10. The first-order chi connectivity index (χ1) is 9.60. The van der Waals surface area contributed by atoms with E-state index in [0.717, 1.165) is 23.3 Å². The fourth-order valence-corrected chi connectivity index (χ4v) is 2.19. The number of hydrogen-bond acceptors (Lipinski definition) is 2. The van der Waals surface area contributed by atoms with Crippen LogP contribution in [0, 0.1) is 5.82 Å². The zero-order chi connectivity index (χ0) is 14.5. The maximum absolute atomic E-state index is 12.9. The standard InChI is InChI=1S/C17H18FNO/c1-12(13-3-7-15(18)8-4-13)11-17(19-2)14-5-9-16(20)10-6-14/h3-10,12,20H,11H2,1-2H3. The van der Waals surface area contributed by atoms with Gasteiger partial charge < -0.3 is 5.11 Å². The van der Waals surface area contributed by atoms with E-state index in [1.54, 1.807) is 19.2 Å². The third kappa shape index (κ3) is 3.44. The van der Waals surface area contributed by atoms with Gasteiger partial charge in [-0.1, -0.05) is 19.1 Å². The first kappa shape index (κ1) is 14.3. The molecule has 2 aromatic rings. The van der Waals surface area contributed by atoms with Crippen molar-refractivity contribution in [1.29, 1.82) is 0 Å². The van der Waals surface area contributed by atoms with E-state index < -0.39 is 0 Å². The summed E-state index contributed by atoms with van der Waals surface area (Å²) in [5.74, 6) is 0.280. The van der Waals surface area contributed by atoms with Crippen LogP contribution in [-0.4, -0.2) is 17.9 Å². The minimum Gasteiger partial charge on any atom is -0.508 e. The van der Waals surface area contributed by atoms with E-state index in [1.165, 1.54) is 12.1 Å². The maximum Gasteiger partial charge on any atom is 0.123 e. The highest BCUT2D eigenvalue weighted by Gasteiger charge is 2.11. The number of benzene rings is 2. The molecule has 0 radical (unpaired) electrons. The molecular formula is C17H18FNO. The molecule has 104 valence electrons. The van der Waals surface area contributed by atoms with Gasteiger partial charge in [0.05, 0.1) is 0 Å². The molecule has 0 saturated heterocycles. The zero-order valence-corrected chi connectivity index (χ0v) is 11.7. The molecule has 1 unspecified atom stereocenters. The van der Waals surface area contributed by atoms with Crippen LogP contribution in [-0.2, 0) is 0 Å². The fourth-order valence-electron chi connectivity index (χ4n) is 2.19. The molecule has 2 rings (SSSR count). The normalized spacial score (nSPS) is 13.2. The smallest absolute Gasteiger partial charge is 0.123 e. The molecular weight excluding hydrogens is 253 g/mol. The first-order valence-electron chi connectivity index (χ1n) is 6.60. The van der Waals surface area contributed by atoms with E-state index in [2.05, 4.69) is 11.9 Å². The first-order valence-corrected chi connectivity index (χ1v) is 6.60. The minimum atomic E-state index is -0.219. The average Bonchev–Trinajstić information content (AvgIpc) is 2.46. The number of aromatic hydroxyl groups is 1. The van der Waals surface area contributed by atoms with Crippen LogP contribution in [0.15, 0.2) is 53.5 Å². The predicted octanol–water partition coefficient (Wildman–Crippen LogP) is 4.14. The third-order valence-corrected chi connectivity index (χ3v) is 3.41. The lowest BCUT2D eigenvalue weighted by atomic mass is 9.92. The Hall–Kier alpha value is -2.16. The van der Waals surface area contributed by atoms with Crippen molar-refractivity contribution in [3.05, 3.63) is 65.5 Å². The highest BCUT2D eigenvalue weighted by molar-refractivity contribution is 6.01. The van der Waals surface area contributed by atoms with Crippen LogP contribution < -0.4 is 0 Å². The zero-order valence-electron chi connectivity index (χ0n) is 11.7. The van der Waals surface area contributed by atoms with Crippen molar-refractivity contribution < 1.29 is 9.50 Å². The Bertz CT molecular complexity index is 587. The lowest BCUT2D eigenvalue weighted by Gasteiger charge is -2.14. The van der Waals surface area contributed by atoms with Crippen LogP contribution in [0.2, 0.25) is 0 Å². The van der Waals surface area contributed by atoms with Gasteiger partial charge in [-0.05, 0) is 59.9 Å². The van der Waals surface area contributed by atoms with Crippen molar-refractivity contribution in [1.82, 2.24) is 0 Å². The molecule has 0 saturated carbocycles. The highest BCUT2D eigenvalue weighted by Crippen LogP contribution is 2.22. The van der Waals surface area contributed by atoms with Gasteiger partial charge in [-0.3, -0.25) is 4.99 Å². The summed E-state index contributed by atoms with van der Waals surface area (Å²) in [7, 11) is 1.76. The van der Waals surface area contributed by atoms with Gasteiger partial charge in [-0.25, -0.2) is 4.39 Å². The number of hydrogen-bond donors (Lipinski definition) is 1. The molecule has 0 aliphatic rings. The largest absolute Gasteiger partial charge is 0.508 e. The lowest BCUT2D eigenvalue weighted by Crippen LogP contribution is -2.06. The second-order valence-electron chi connectivity index (χ2n) is 4.87. The van der Waals surface area contributed by atoms with E-state index >= 15 is 0 Å². The minimum absolute atomic E-state index is 0.219. The van der Waals surface area contributed by atoms with E-state index in [4.69, 9.17) is 0 Å². The van der Waals surface area contributed by atoms with Gasteiger partial charge in [0.25, 0.3) is 0 Å². The van der Waals surface area contributed by atoms with Gasteiger partial charge >= 0.3 is 0 Å². The van der Waals surface area contributed by atoms with E-state index in [1.807, 2.05) is 24.3 Å². The van der Waals surface area contributed by atoms with Crippen molar-refractivity contribution in [3.63, 3.8) is 0 Å². The number of rotatable bonds is 4. The molecule has 0 aliphatic carbocycles. The van der Waals surface area contributed by atoms with Gasteiger partial charge in [0.1, 0.15) is 11.6 Å². The van der Waals surface area contributed by atoms with Crippen molar-refractivity contribution in [2.45, 2.75) is 19.3 Å². The summed E-state index contributed by atoms with van der Waals surface area (Å²) >= 11 is 0. The van der Waals surface area contributed by atoms with Crippen molar-refractivity contribution in [2.24, 2.45) is 4.99 Å². The summed E-state index contributed by atoms with van der Waals surface area (Å²) in [6.07, 6.45) is 0.771. The van der Waals surface area contributed by atoms with Crippen LogP contribution in [0.3, 0.4) is 0 Å². The Morgan fingerprint density at radius 3 is 2.25 bits per heavy atom. The molecule has 0 spiro atoms. The molecule has 2 aromatic carbocycles. The number of aliphatic imine (C=N–C) groups is 1. The molecule has 0 bridgehead atoms. The number of phenols is 1. The molecule has 1 N–H and O–H groups in total. The Morgan fingerprint density at radius 2 is 1.70 bits per heavy atom. The number of halogens is 1. The highest BCUT2D eigenvalue weighted by atomic mass is 19.1. The van der Waals surface area contributed by atoms with Crippen molar-refractivity contribution in [3.8, 4) is 5.75 Å². The van der Waals surface area contributed by atoms with Crippen LogP contribution in [0.1, 0.15) is 30.4 Å². The number of nitrogens with zero attached hydrogens (tertiary/aromatic N) is 1.